The second-order valence-corrected chi connectivity index (χ2v) is 5.53. The van der Waals surface area contributed by atoms with E-state index in [1.165, 1.54) is 5.56 Å². The van der Waals surface area contributed by atoms with Crippen molar-refractivity contribution in [1.82, 2.24) is 0 Å². The standard InChI is InChI=1S/C16H22O3/c1-4-19-15(17)16(3,18)14-10-9-11(2)12-7-5-6-8-13(12)14/h5-8,11,14,18H,4,9-10H2,1-3H3. The first-order chi connectivity index (χ1) is 8.98. The van der Waals surface area contributed by atoms with Crippen molar-refractivity contribution in [2.75, 3.05) is 6.61 Å². The van der Waals surface area contributed by atoms with Gasteiger partial charge in [0.1, 0.15) is 0 Å². The number of carbonyl (C=O) groups excluding carboxylic acids is 1. The first-order valence-electron chi connectivity index (χ1n) is 6.96. The second-order valence-electron chi connectivity index (χ2n) is 5.53. The predicted octanol–water partition coefficient (Wildman–Crippen LogP) is 2.98. The fourth-order valence-corrected chi connectivity index (χ4v) is 3.01. The molecule has 1 N–H and O–H groups in total. The third-order valence-corrected chi connectivity index (χ3v) is 4.16. The first-order valence-corrected chi connectivity index (χ1v) is 6.96. The molecule has 1 aliphatic carbocycles. The molecule has 3 nitrogen and oxygen atoms in total. The van der Waals surface area contributed by atoms with Crippen LogP contribution >= 0.6 is 0 Å². The SMILES string of the molecule is CCOC(=O)C(C)(O)C1CCC(C)c2ccccc21. The van der Waals surface area contributed by atoms with Gasteiger partial charge in [-0.3, -0.25) is 0 Å². The van der Waals surface area contributed by atoms with E-state index in [0.717, 1.165) is 18.4 Å². The second kappa shape index (κ2) is 5.33. The highest BCUT2D eigenvalue weighted by Crippen LogP contribution is 2.44. The van der Waals surface area contributed by atoms with Crippen LogP contribution in [0.5, 0.6) is 0 Å². The third-order valence-electron chi connectivity index (χ3n) is 4.16. The first kappa shape index (κ1) is 14.1. The monoisotopic (exact) mass is 262 g/mol. The van der Waals surface area contributed by atoms with Gasteiger partial charge in [-0.05, 0) is 43.7 Å². The number of fused-ring (bicyclic) bond motifs is 1. The van der Waals surface area contributed by atoms with E-state index in [1.807, 2.05) is 18.2 Å². The number of rotatable bonds is 3. The van der Waals surface area contributed by atoms with Gasteiger partial charge in [0.25, 0.3) is 0 Å². The molecule has 104 valence electrons. The van der Waals surface area contributed by atoms with Gasteiger partial charge < -0.3 is 9.84 Å². The van der Waals surface area contributed by atoms with Crippen LogP contribution in [0.3, 0.4) is 0 Å². The van der Waals surface area contributed by atoms with Gasteiger partial charge in [-0.15, -0.1) is 0 Å². The topological polar surface area (TPSA) is 46.5 Å². The zero-order valence-corrected chi connectivity index (χ0v) is 11.8. The minimum absolute atomic E-state index is 0.182. The van der Waals surface area contributed by atoms with Crippen LogP contribution in [-0.4, -0.2) is 23.3 Å². The molecule has 2 rings (SSSR count). The highest BCUT2D eigenvalue weighted by molar-refractivity contribution is 5.80. The van der Waals surface area contributed by atoms with Gasteiger partial charge in [-0.2, -0.15) is 0 Å². The largest absolute Gasteiger partial charge is 0.464 e. The van der Waals surface area contributed by atoms with Crippen molar-refractivity contribution in [2.24, 2.45) is 0 Å². The molecular weight excluding hydrogens is 240 g/mol. The van der Waals surface area contributed by atoms with Crippen molar-refractivity contribution in [1.29, 1.82) is 0 Å². The van der Waals surface area contributed by atoms with Crippen LogP contribution < -0.4 is 0 Å². The summed E-state index contributed by atoms with van der Waals surface area (Å²) < 4.78 is 5.01. The number of carbonyl (C=O) groups is 1. The third kappa shape index (κ3) is 2.52. The van der Waals surface area contributed by atoms with Crippen LogP contribution in [0.1, 0.15) is 56.6 Å². The molecule has 0 saturated heterocycles. The molecule has 1 aromatic carbocycles. The maximum absolute atomic E-state index is 12.0. The van der Waals surface area contributed by atoms with Gasteiger partial charge >= 0.3 is 5.97 Å². The van der Waals surface area contributed by atoms with Crippen molar-refractivity contribution in [3.63, 3.8) is 0 Å². The summed E-state index contributed by atoms with van der Waals surface area (Å²) in [7, 11) is 0. The highest BCUT2D eigenvalue weighted by atomic mass is 16.5. The van der Waals surface area contributed by atoms with Crippen LogP contribution in [0.4, 0.5) is 0 Å². The van der Waals surface area contributed by atoms with Crippen molar-refractivity contribution in [2.45, 2.75) is 51.0 Å². The number of hydrogen-bond donors (Lipinski definition) is 1. The van der Waals surface area contributed by atoms with Crippen molar-refractivity contribution >= 4 is 5.97 Å². The lowest BCUT2D eigenvalue weighted by atomic mass is 9.71. The predicted molar refractivity (Wildman–Crippen MR) is 74.1 cm³/mol. The van der Waals surface area contributed by atoms with Gasteiger partial charge in [0.15, 0.2) is 5.60 Å². The Morgan fingerprint density at radius 2 is 2.00 bits per heavy atom. The molecule has 3 unspecified atom stereocenters. The van der Waals surface area contributed by atoms with E-state index in [4.69, 9.17) is 4.74 Å². The van der Waals surface area contributed by atoms with Crippen LogP contribution in [0, 0.1) is 0 Å². The van der Waals surface area contributed by atoms with Crippen LogP contribution in [-0.2, 0) is 9.53 Å². The Bertz CT molecular complexity index is 465. The molecule has 0 heterocycles. The quantitative estimate of drug-likeness (QED) is 0.852. The van der Waals surface area contributed by atoms with Crippen molar-refractivity contribution < 1.29 is 14.6 Å². The molecule has 0 bridgehead atoms. The lowest BCUT2D eigenvalue weighted by Crippen LogP contribution is -2.44. The van der Waals surface area contributed by atoms with Gasteiger partial charge in [0.05, 0.1) is 6.61 Å². The Balaban J connectivity index is 2.36. The van der Waals surface area contributed by atoms with E-state index < -0.39 is 11.6 Å². The number of esters is 1. The molecule has 0 fully saturated rings. The molecule has 3 heteroatoms. The zero-order chi connectivity index (χ0) is 14.0. The minimum atomic E-state index is -1.45. The number of hydrogen-bond acceptors (Lipinski definition) is 3. The fraction of sp³-hybridized carbons (Fsp3) is 0.562. The van der Waals surface area contributed by atoms with E-state index in [2.05, 4.69) is 13.0 Å². The molecule has 0 radical (unpaired) electrons. The van der Waals surface area contributed by atoms with E-state index in [0.29, 0.717) is 12.5 Å². The summed E-state index contributed by atoms with van der Waals surface area (Å²) in [4.78, 5) is 12.0. The lowest BCUT2D eigenvalue weighted by molar-refractivity contribution is -0.166. The molecule has 0 amide bonds. The van der Waals surface area contributed by atoms with E-state index in [1.54, 1.807) is 13.8 Å². The van der Waals surface area contributed by atoms with Crippen LogP contribution in [0.25, 0.3) is 0 Å². The van der Waals surface area contributed by atoms with Crippen LogP contribution in [0.2, 0.25) is 0 Å². The summed E-state index contributed by atoms with van der Waals surface area (Å²) in [6.07, 6.45) is 1.79. The summed E-state index contributed by atoms with van der Waals surface area (Å²) in [5.41, 5.74) is 0.870. The molecule has 0 spiro atoms. The summed E-state index contributed by atoms with van der Waals surface area (Å²) >= 11 is 0. The Morgan fingerprint density at radius 3 is 2.63 bits per heavy atom. The Hall–Kier alpha value is -1.35. The Labute approximate surface area is 114 Å². The van der Waals surface area contributed by atoms with Crippen molar-refractivity contribution in [3.8, 4) is 0 Å². The fourth-order valence-electron chi connectivity index (χ4n) is 3.01. The molecular formula is C16H22O3. The molecule has 3 atom stereocenters. The molecule has 0 aliphatic heterocycles. The average Bonchev–Trinajstić information content (AvgIpc) is 2.39. The molecule has 0 saturated carbocycles. The maximum atomic E-state index is 12.0. The highest BCUT2D eigenvalue weighted by Gasteiger charge is 2.44. The molecule has 1 aliphatic rings. The van der Waals surface area contributed by atoms with E-state index >= 15 is 0 Å². The molecule has 19 heavy (non-hydrogen) atoms. The summed E-state index contributed by atoms with van der Waals surface area (Å²) in [5.74, 6) is -0.228. The van der Waals surface area contributed by atoms with Crippen molar-refractivity contribution in [3.05, 3.63) is 35.4 Å². The van der Waals surface area contributed by atoms with E-state index in [-0.39, 0.29) is 5.92 Å². The van der Waals surface area contributed by atoms with Gasteiger partial charge in [0.2, 0.25) is 0 Å². The normalized spacial score (nSPS) is 25.3. The molecule has 0 aromatic heterocycles. The zero-order valence-electron chi connectivity index (χ0n) is 11.8. The van der Waals surface area contributed by atoms with Gasteiger partial charge in [-0.25, -0.2) is 4.79 Å². The Kier molecular flexibility index (Phi) is 3.95. The number of benzene rings is 1. The average molecular weight is 262 g/mol. The number of ether oxygens (including phenoxy) is 1. The van der Waals surface area contributed by atoms with Crippen LogP contribution in [0.15, 0.2) is 24.3 Å². The summed E-state index contributed by atoms with van der Waals surface area (Å²) in [5, 5.41) is 10.6. The van der Waals surface area contributed by atoms with Gasteiger partial charge in [-0.1, -0.05) is 31.2 Å². The maximum Gasteiger partial charge on any atom is 0.338 e. The van der Waals surface area contributed by atoms with E-state index in [9.17, 15) is 9.90 Å². The number of aliphatic hydroxyl groups is 1. The lowest BCUT2D eigenvalue weighted by Gasteiger charge is -2.37. The van der Waals surface area contributed by atoms with Gasteiger partial charge in [0, 0.05) is 5.92 Å². The smallest absolute Gasteiger partial charge is 0.338 e. The molecule has 1 aromatic rings. The summed E-state index contributed by atoms with van der Waals surface area (Å²) in [6.45, 7) is 5.81. The summed E-state index contributed by atoms with van der Waals surface area (Å²) in [6, 6.07) is 8.08. The minimum Gasteiger partial charge on any atom is -0.464 e. The Morgan fingerprint density at radius 1 is 1.37 bits per heavy atom.